The van der Waals surface area contributed by atoms with Gasteiger partial charge in [0, 0.05) is 19.2 Å². The molecule has 0 unspecified atom stereocenters. The zero-order valence-corrected chi connectivity index (χ0v) is 11.3. The van der Waals surface area contributed by atoms with Crippen LogP contribution in [0, 0.1) is 11.6 Å². The number of ether oxygens (including phenoxy) is 1. The van der Waals surface area contributed by atoms with Crippen LogP contribution in [-0.2, 0) is 4.79 Å². The van der Waals surface area contributed by atoms with Gasteiger partial charge in [0.1, 0.15) is 5.75 Å². The van der Waals surface area contributed by atoms with Crippen molar-refractivity contribution in [3.05, 3.63) is 29.8 Å². The zero-order valence-electron chi connectivity index (χ0n) is 11.3. The van der Waals surface area contributed by atoms with E-state index in [4.69, 9.17) is 4.74 Å². The summed E-state index contributed by atoms with van der Waals surface area (Å²) in [7, 11) is 0. The van der Waals surface area contributed by atoms with Gasteiger partial charge in [-0.3, -0.25) is 4.79 Å². The lowest BCUT2D eigenvalue weighted by molar-refractivity contribution is -0.133. The number of halogens is 2. The van der Waals surface area contributed by atoms with Gasteiger partial charge in [0.2, 0.25) is 0 Å². The Morgan fingerprint density at radius 2 is 2.00 bits per heavy atom. The summed E-state index contributed by atoms with van der Waals surface area (Å²) in [4.78, 5) is 13.5. The third-order valence-electron chi connectivity index (χ3n) is 2.77. The Hall–Kier alpha value is -1.65. The summed E-state index contributed by atoms with van der Waals surface area (Å²) in [6.07, 6.45) is 1.94. The van der Waals surface area contributed by atoms with Gasteiger partial charge >= 0.3 is 0 Å². The van der Waals surface area contributed by atoms with E-state index in [0.29, 0.717) is 13.1 Å². The number of likely N-dealkylation sites (N-methyl/N-ethyl adjacent to an activating group) is 1. The van der Waals surface area contributed by atoms with Crippen LogP contribution in [0.3, 0.4) is 0 Å². The predicted molar refractivity (Wildman–Crippen MR) is 69.0 cm³/mol. The number of benzene rings is 1. The molecule has 106 valence electrons. The molecule has 0 saturated carbocycles. The minimum atomic E-state index is -0.983. The lowest BCUT2D eigenvalue weighted by Gasteiger charge is -2.20. The Morgan fingerprint density at radius 3 is 2.58 bits per heavy atom. The monoisotopic (exact) mass is 271 g/mol. The normalized spacial score (nSPS) is 10.3. The Kier molecular flexibility index (Phi) is 6.25. The second-order valence-corrected chi connectivity index (χ2v) is 4.19. The van der Waals surface area contributed by atoms with E-state index in [1.807, 2.05) is 6.92 Å². The summed E-state index contributed by atoms with van der Waals surface area (Å²) in [5.74, 6) is -1.92. The summed E-state index contributed by atoms with van der Waals surface area (Å²) >= 11 is 0. The van der Waals surface area contributed by atoms with Crippen LogP contribution >= 0.6 is 0 Å². The minimum absolute atomic E-state index is 0.152. The second-order valence-electron chi connectivity index (χ2n) is 4.19. The van der Waals surface area contributed by atoms with E-state index in [0.717, 1.165) is 25.0 Å². The molecule has 0 heterocycles. The Bertz CT molecular complexity index is 424. The molecule has 1 aromatic rings. The Morgan fingerprint density at radius 1 is 1.26 bits per heavy atom. The van der Waals surface area contributed by atoms with E-state index < -0.39 is 11.6 Å². The number of rotatable bonds is 7. The number of hydrogen-bond donors (Lipinski definition) is 0. The van der Waals surface area contributed by atoms with E-state index in [2.05, 4.69) is 6.92 Å². The molecule has 1 rings (SSSR count). The van der Waals surface area contributed by atoms with Crippen LogP contribution in [0.25, 0.3) is 0 Å². The van der Waals surface area contributed by atoms with Crippen molar-refractivity contribution in [1.82, 2.24) is 4.90 Å². The maximum Gasteiger partial charge on any atom is 0.260 e. The third kappa shape index (κ3) is 4.85. The topological polar surface area (TPSA) is 29.5 Å². The fraction of sp³-hybridized carbons (Fsp3) is 0.500. The molecule has 0 atom stereocenters. The van der Waals surface area contributed by atoms with Crippen LogP contribution in [0.4, 0.5) is 8.78 Å². The maximum atomic E-state index is 12.9. The first-order valence-electron chi connectivity index (χ1n) is 6.44. The average Bonchev–Trinajstić information content (AvgIpc) is 2.41. The van der Waals surface area contributed by atoms with Crippen molar-refractivity contribution < 1.29 is 18.3 Å². The van der Waals surface area contributed by atoms with Crippen LogP contribution in [-0.4, -0.2) is 30.5 Å². The first-order valence-corrected chi connectivity index (χ1v) is 6.44. The van der Waals surface area contributed by atoms with Crippen molar-refractivity contribution in [2.45, 2.75) is 26.7 Å². The molecule has 1 amide bonds. The predicted octanol–water partition coefficient (Wildman–Crippen LogP) is 2.99. The first-order chi connectivity index (χ1) is 9.08. The van der Waals surface area contributed by atoms with Crippen LogP contribution < -0.4 is 4.74 Å². The number of amides is 1. The molecule has 1 aromatic carbocycles. The molecule has 0 aromatic heterocycles. The summed E-state index contributed by atoms with van der Waals surface area (Å²) < 4.78 is 30.8. The SMILES string of the molecule is CCCCN(CC)C(=O)COc1ccc(F)c(F)c1. The zero-order chi connectivity index (χ0) is 14.3. The molecule has 0 N–H and O–H groups in total. The first kappa shape index (κ1) is 15.4. The largest absolute Gasteiger partial charge is 0.484 e. The summed E-state index contributed by atoms with van der Waals surface area (Å²) in [5, 5.41) is 0. The molecule has 19 heavy (non-hydrogen) atoms. The molecule has 0 fully saturated rings. The van der Waals surface area contributed by atoms with Gasteiger partial charge in [-0.1, -0.05) is 13.3 Å². The minimum Gasteiger partial charge on any atom is -0.484 e. The average molecular weight is 271 g/mol. The van der Waals surface area contributed by atoms with Gasteiger partial charge in [-0.25, -0.2) is 8.78 Å². The molecular weight excluding hydrogens is 252 g/mol. The molecule has 3 nitrogen and oxygen atoms in total. The standard InChI is InChI=1S/C14H19F2NO2/c1-3-5-8-17(4-2)14(18)10-19-11-6-7-12(15)13(16)9-11/h6-7,9H,3-5,8,10H2,1-2H3. The van der Waals surface area contributed by atoms with Gasteiger partial charge in [-0.2, -0.15) is 0 Å². The number of carbonyl (C=O) groups is 1. The second kappa shape index (κ2) is 7.71. The highest BCUT2D eigenvalue weighted by Gasteiger charge is 2.12. The van der Waals surface area contributed by atoms with Crippen LogP contribution in [0.15, 0.2) is 18.2 Å². The van der Waals surface area contributed by atoms with Crippen molar-refractivity contribution in [1.29, 1.82) is 0 Å². The Labute approximate surface area is 112 Å². The fourth-order valence-corrected chi connectivity index (χ4v) is 1.61. The summed E-state index contributed by atoms with van der Waals surface area (Å²) in [6, 6.07) is 3.21. The van der Waals surface area contributed by atoms with E-state index in [9.17, 15) is 13.6 Å². The van der Waals surface area contributed by atoms with Crippen molar-refractivity contribution >= 4 is 5.91 Å². The highest BCUT2D eigenvalue weighted by molar-refractivity contribution is 5.77. The van der Waals surface area contributed by atoms with Crippen molar-refractivity contribution in [2.75, 3.05) is 19.7 Å². The number of carbonyl (C=O) groups excluding carboxylic acids is 1. The number of nitrogens with zero attached hydrogens (tertiary/aromatic N) is 1. The summed E-state index contributed by atoms with van der Waals surface area (Å²) in [6.45, 7) is 5.08. The molecular formula is C14H19F2NO2. The fourth-order valence-electron chi connectivity index (χ4n) is 1.61. The molecule has 5 heteroatoms. The van der Waals surface area contributed by atoms with Gasteiger partial charge in [-0.15, -0.1) is 0 Å². The molecule has 0 aliphatic rings. The highest BCUT2D eigenvalue weighted by atomic mass is 19.2. The number of hydrogen-bond acceptors (Lipinski definition) is 2. The molecule has 0 aliphatic carbocycles. The smallest absolute Gasteiger partial charge is 0.260 e. The van der Waals surface area contributed by atoms with E-state index >= 15 is 0 Å². The van der Waals surface area contributed by atoms with Gasteiger partial charge in [0.05, 0.1) is 0 Å². The van der Waals surface area contributed by atoms with Crippen LogP contribution in [0.5, 0.6) is 5.75 Å². The van der Waals surface area contributed by atoms with E-state index in [1.54, 1.807) is 4.90 Å². The molecule has 0 saturated heterocycles. The summed E-state index contributed by atoms with van der Waals surface area (Å²) in [5.41, 5.74) is 0. The van der Waals surface area contributed by atoms with Gasteiger partial charge < -0.3 is 9.64 Å². The maximum absolute atomic E-state index is 12.9. The lowest BCUT2D eigenvalue weighted by Crippen LogP contribution is -2.35. The van der Waals surface area contributed by atoms with Crippen molar-refractivity contribution in [3.63, 3.8) is 0 Å². The third-order valence-corrected chi connectivity index (χ3v) is 2.77. The van der Waals surface area contributed by atoms with Gasteiger partial charge in [-0.05, 0) is 25.5 Å². The van der Waals surface area contributed by atoms with Gasteiger partial charge in [0.15, 0.2) is 18.2 Å². The van der Waals surface area contributed by atoms with Crippen LogP contribution in [0.1, 0.15) is 26.7 Å². The number of unbranched alkanes of at least 4 members (excludes halogenated alkanes) is 1. The van der Waals surface area contributed by atoms with Crippen molar-refractivity contribution in [2.24, 2.45) is 0 Å². The molecule has 0 radical (unpaired) electrons. The lowest BCUT2D eigenvalue weighted by atomic mass is 10.3. The van der Waals surface area contributed by atoms with Crippen LogP contribution in [0.2, 0.25) is 0 Å². The Balaban J connectivity index is 2.50. The van der Waals surface area contributed by atoms with E-state index in [-0.39, 0.29) is 18.3 Å². The van der Waals surface area contributed by atoms with Gasteiger partial charge in [0.25, 0.3) is 5.91 Å². The molecule has 0 bridgehead atoms. The van der Waals surface area contributed by atoms with Crippen molar-refractivity contribution in [3.8, 4) is 5.75 Å². The highest BCUT2D eigenvalue weighted by Crippen LogP contribution is 2.15. The van der Waals surface area contributed by atoms with E-state index in [1.165, 1.54) is 6.07 Å². The molecule has 0 spiro atoms. The molecule has 0 aliphatic heterocycles. The quantitative estimate of drug-likeness (QED) is 0.763.